The van der Waals surface area contributed by atoms with Crippen LogP contribution in [-0.2, 0) is 30.4 Å². The first-order valence-electron chi connectivity index (χ1n) is 5.07. The lowest BCUT2D eigenvalue weighted by atomic mass is 10.4. The zero-order valence-corrected chi connectivity index (χ0v) is 13.6. The highest BCUT2D eigenvalue weighted by Crippen LogP contribution is 2.05. The summed E-state index contributed by atoms with van der Waals surface area (Å²) in [5.74, 6) is -0.201. The predicted molar refractivity (Wildman–Crippen MR) is 75.8 cm³/mol. The van der Waals surface area contributed by atoms with E-state index in [4.69, 9.17) is 13.7 Å². The van der Waals surface area contributed by atoms with Gasteiger partial charge in [0.2, 0.25) is 0 Å². The zero-order valence-electron chi connectivity index (χ0n) is 11.1. The smallest absolute Gasteiger partial charge is 0.286 e. The standard InChI is InChI=1S/C6H6O3S.C2H6O3S.CH4O3S/c7-10(8,9)6-4-2-1-3-5-6;1-2-6(3,4)5;1-5(2,3)4/h1-5H,(H,7,8,9);2H2,1H3,(H,3,4,5);1H3,(H,2,3,4). The van der Waals surface area contributed by atoms with Crippen molar-refractivity contribution in [3.05, 3.63) is 30.3 Å². The first-order valence-corrected chi connectivity index (χ1v) is 9.96. The summed E-state index contributed by atoms with van der Waals surface area (Å²) < 4.78 is 82.0. The van der Waals surface area contributed by atoms with Crippen LogP contribution in [0.2, 0.25) is 0 Å². The third-order valence-electron chi connectivity index (χ3n) is 1.41. The number of hydrogen-bond acceptors (Lipinski definition) is 6. The summed E-state index contributed by atoms with van der Waals surface area (Å²) in [7, 11) is -11.3. The molecule has 0 atom stereocenters. The molecule has 1 aromatic carbocycles. The van der Waals surface area contributed by atoms with Crippen molar-refractivity contribution in [2.24, 2.45) is 0 Å². The Morgan fingerprint density at radius 2 is 1.14 bits per heavy atom. The van der Waals surface area contributed by atoms with Crippen LogP contribution in [0.3, 0.4) is 0 Å². The van der Waals surface area contributed by atoms with Gasteiger partial charge in [-0.25, -0.2) is 0 Å². The van der Waals surface area contributed by atoms with E-state index in [-0.39, 0.29) is 10.6 Å². The molecule has 9 nitrogen and oxygen atoms in total. The maximum atomic E-state index is 10.4. The van der Waals surface area contributed by atoms with Gasteiger partial charge < -0.3 is 0 Å². The summed E-state index contributed by atoms with van der Waals surface area (Å²) >= 11 is 0. The Balaban J connectivity index is 0. The molecule has 0 aliphatic rings. The molecule has 12 heteroatoms. The molecule has 0 saturated carbocycles. The Bertz CT molecular complexity index is 695. The van der Waals surface area contributed by atoms with Gasteiger partial charge in [-0.1, -0.05) is 18.2 Å². The average molecular weight is 364 g/mol. The van der Waals surface area contributed by atoms with Crippen molar-refractivity contribution in [3.8, 4) is 0 Å². The summed E-state index contributed by atoms with van der Waals surface area (Å²) in [6.07, 6.45) is 0.715. The van der Waals surface area contributed by atoms with Gasteiger partial charge in [0, 0.05) is 0 Å². The first kappa shape index (κ1) is 22.2. The molecule has 0 bridgehead atoms. The monoisotopic (exact) mass is 364 g/mol. The van der Waals surface area contributed by atoms with E-state index in [1.54, 1.807) is 18.2 Å². The summed E-state index contributed by atoms with van der Waals surface area (Å²) in [6, 6.07) is 7.42. The number of hydrogen-bond donors (Lipinski definition) is 3. The second-order valence-electron chi connectivity index (χ2n) is 3.39. The van der Waals surface area contributed by atoms with Crippen LogP contribution < -0.4 is 0 Å². The summed E-state index contributed by atoms with van der Waals surface area (Å²) in [6.45, 7) is 1.37. The highest BCUT2D eigenvalue weighted by Gasteiger charge is 2.05. The van der Waals surface area contributed by atoms with E-state index in [1.807, 2.05) is 0 Å². The van der Waals surface area contributed by atoms with Gasteiger partial charge in [-0.2, -0.15) is 25.3 Å². The van der Waals surface area contributed by atoms with E-state index >= 15 is 0 Å². The van der Waals surface area contributed by atoms with Crippen LogP contribution in [0.15, 0.2) is 35.2 Å². The Hall–Kier alpha value is -1.05. The molecule has 0 radical (unpaired) electrons. The molecule has 1 aromatic rings. The third kappa shape index (κ3) is 21.4. The Kier molecular flexibility index (Phi) is 9.60. The van der Waals surface area contributed by atoms with Crippen molar-refractivity contribution in [2.75, 3.05) is 12.0 Å². The lowest BCUT2D eigenvalue weighted by Crippen LogP contribution is -1.97. The van der Waals surface area contributed by atoms with Gasteiger partial charge in [0.05, 0.1) is 16.9 Å². The number of benzene rings is 1. The third-order valence-corrected chi connectivity index (χ3v) is 3.00. The predicted octanol–water partition coefficient (Wildman–Crippen LogP) is 0.331. The lowest BCUT2D eigenvalue weighted by Gasteiger charge is -1.92. The van der Waals surface area contributed by atoms with Crippen LogP contribution in [0.5, 0.6) is 0 Å². The molecular formula is C9H16O9S3. The van der Waals surface area contributed by atoms with Crippen LogP contribution in [0.1, 0.15) is 6.92 Å². The van der Waals surface area contributed by atoms with E-state index in [0.29, 0.717) is 6.26 Å². The van der Waals surface area contributed by atoms with Gasteiger partial charge in [0.1, 0.15) is 0 Å². The highest BCUT2D eigenvalue weighted by atomic mass is 32.2. The van der Waals surface area contributed by atoms with Gasteiger partial charge in [0.15, 0.2) is 0 Å². The maximum absolute atomic E-state index is 10.4. The van der Waals surface area contributed by atoms with E-state index in [2.05, 4.69) is 0 Å². The van der Waals surface area contributed by atoms with E-state index in [0.717, 1.165) is 0 Å². The van der Waals surface area contributed by atoms with Crippen LogP contribution >= 0.6 is 0 Å². The quantitative estimate of drug-likeness (QED) is 0.627. The fourth-order valence-electron chi connectivity index (χ4n) is 0.592. The van der Waals surface area contributed by atoms with Crippen molar-refractivity contribution >= 4 is 30.4 Å². The van der Waals surface area contributed by atoms with Crippen LogP contribution in [0.25, 0.3) is 0 Å². The summed E-state index contributed by atoms with van der Waals surface area (Å²) in [5, 5.41) is 0. The fraction of sp³-hybridized carbons (Fsp3) is 0.333. The van der Waals surface area contributed by atoms with Crippen LogP contribution in [-0.4, -0.2) is 50.9 Å². The van der Waals surface area contributed by atoms with Gasteiger partial charge in [-0.15, -0.1) is 0 Å². The van der Waals surface area contributed by atoms with Gasteiger partial charge in [-0.3, -0.25) is 13.7 Å². The molecule has 0 heterocycles. The second kappa shape index (κ2) is 9.07. The van der Waals surface area contributed by atoms with Crippen molar-refractivity contribution in [2.45, 2.75) is 11.8 Å². The SMILES string of the molecule is CCS(=O)(=O)O.CS(=O)(=O)O.O=S(=O)(O)c1ccccc1. The molecular weight excluding hydrogens is 348 g/mol. The van der Waals surface area contributed by atoms with Gasteiger partial charge in [0.25, 0.3) is 30.4 Å². The molecule has 3 N–H and O–H groups in total. The zero-order chi connectivity index (χ0) is 17.3. The average Bonchev–Trinajstić information content (AvgIpc) is 2.27. The minimum absolute atomic E-state index is 0.0741. The maximum Gasteiger partial charge on any atom is 0.294 e. The van der Waals surface area contributed by atoms with E-state index in [1.165, 1.54) is 19.1 Å². The Morgan fingerprint density at radius 3 is 1.29 bits per heavy atom. The van der Waals surface area contributed by atoms with Crippen LogP contribution in [0.4, 0.5) is 0 Å². The fourth-order valence-corrected chi connectivity index (χ4v) is 1.09. The molecule has 0 amide bonds. The molecule has 0 saturated heterocycles. The molecule has 0 spiro atoms. The van der Waals surface area contributed by atoms with Crippen molar-refractivity contribution in [1.29, 1.82) is 0 Å². The normalized spacial score (nSPS) is 11.5. The van der Waals surface area contributed by atoms with Crippen molar-refractivity contribution in [1.82, 2.24) is 0 Å². The molecule has 0 aliphatic carbocycles. The molecule has 0 aromatic heterocycles. The minimum atomic E-state index is -4.00. The highest BCUT2D eigenvalue weighted by molar-refractivity contribution is 7.86. The van der Waals surface area contributed by atoms with Crippen LogP contribution in [0, 0.1) is 0 Å². The summed E-state index contributed by atoms with van der Waals surface area (Å²) in [5.41, 5.74) is 0. The molecule has 124 valence electrons. The van der Waals surface area contributed by atoms with Gasteiger partial charge in [-0.05, 0) is 19.1 Å². The Morgan fingerprint density at radius 1 is 0.857 bits per heavy atom. The largest absolute Gasteiger partial charge is 0.294 e. The second-order valence-corrected chi connectivity index (χ2v) is 8.02. The molecule has 21 heavy (non-hydrogen) atoms. The van der Waals surface area contributed by atoms with Crippen molar-refractivity contribution in [3.63, 3.8) is 0 Å². The molecule has 1 rings (SSSR count). The van der Waals surface area contributed by atoms with E-state index < -0.39 is 30.4 Å². The number of rotatable bonds is 2. The van der Waals surface area contributed by atoms with Gasteiger partial charge >= 0.3 is 0 Å². The van der Waals surface area contributed by atoms with Crippen molar-refractivity contribution < 1.29 is 38.9 Å². The van der Waals surface area contributed by atoms with E-state index in [9.17, 15) is 25.3 Å². The molecule has 0 unspecified atom stereocenters. The molecule has 0 fully saturated rings. The first-order chi connectivity index (χ1) is 9.17. The lowest BCUT2D eigenvalue weighted by molar-refractivity contribution is 0.481. The Labute approximate surface area is 123 Å². The minimum Gasteiger partial charge on any atom is -0.286 e. The topological polar surface area (TPSA) is 163 Å². The molecule has 0 aliphatic heterocycles. The summed E-state index contributed by atoms with van der Waals surface area (Å²) in [4.78, 5) is -0.0741.